The van der Waals surface area contributed by atoms with E-state index in [9.17, 15) is 14.9 Å². The van der Waals surface area contributed by atoms with E-state index in [2.05, 4.69) is 0 Å². The van der Waals surface area contributed by atoms with Crippen LogP contribution in [-0.2, 0) is 4.79 Å². The Balaban J connectivity index is 1.59. The van der Waals surface area contributed by atoms with Crippen LogP contribution < -0.4 is 9.47 Å². The van der Waals surface area contributed by atoms with Crippen molar-refractivity contribution >= 4 is 11.7 Å². The predicted molar refractivity (Wildman–Crippen MR) is 96.1 cm³/mol. The van der Waals surface area contributed by atoms with E-state index in [-0.39, 0.29) is 18.0 Å². The largest absolute Gasteiger partial charge is 0.482 e. The van der Waals surface area contributed by atoms with Crippen LogP contribution in [0.3, 0.4) is 0 Å². The molecule has 0 amide bonds. The molecule has 0 heterocycles. The van der Waals surface area contributed by atoms with Crippen LogP contribution in [0.5, 0.6) is 11.5 Å². The van der Waals surface area contributed by atoms with Gasteiger partial charge in [-0.3, -0.25) is 10.1 Å². The van der Waals surface area contributed by atoms with Gasteiger partial charge in [-0.15, -0.1) is 0 Å². The molecule has 0 aromatic heterocycles. The number of nitrogens with zero attached hydrogens (tertiary/aromatic N) is 1. The molecule has 0 saturated heterocycles. The zero-order valence-corrected chi connectivity index (χ0v) is 13.7. The highest BCUT2D eigenvalue weighted by Gasteiger charge is 2.17. The van der Waals surface area contributed by atoms with Gasteiger partial charge in [-0.2, -0.15) is 0 Å². The molecule has 0 aliphatic heterocycles. The molecule has 0 atom stereocenters. The number of benzene rings is 3. The van der Waals surface area contributed by atoms with Crippen LogP contribution in [0.2, 0.25) is 0 Å². The van der Waals surface area contributed by atoms with Gasteiger partial charge in [0, 0.05) is 6.07 Å². The number of carbonyl (C=O) groups is 1. The highest BCUT2D eigenvalue weighted by molar-refractivity contribution is 5.75. The van der Waals surface area contributed by atoms with E-state index in [4.69, 9.17) is 9.47 Å². The minimum Gasteiger partial charge on any atom is -0.482 e. The molecule has 0 aliphatic rings. The third-order valence-electron chi connectivity index (χ3n) is 3.60. The molecule has 3 aromatic carbocycles. The second-order valence-corrected chi connectivity index (χ2v) is 5.38. The van der Waals surface area contributed by atoms with Gasteiger partial charge in [-0.1, -0.05) is 54.6 Å². The average molecular weight is 349 g/mol. The van der Waals surface area contributed by atoms with Gasteiger partial charge >= 0.3 is 11.7 Å². The maximum Gasteiger partial charge on any atom is 0.349 e. The van der Waals surface area contributed by atoms with E-state index in [1.54, 1.807) is 18.2 Å². The summed E-state index contributed by atoms with van der Waals surface area (Å²) in [5, 5.41) is 10.9. The Morgan fingerprint density at radius 2 is 1.46 bits per heavy atom. The van der Waals surface area contributed by atoms with Crippen LogP contribution >= 0.6 is 0 Å². The van der Waals surface area contributed by atoms with Crippen molar-refractivity contribution in [1.29, 1.82) is 0 Å². The number of para-hydroxylation sites is 2. The Bertz CT molecular complexity index is 907. The number of esters is 1. The van der Waals surface area contributed by atoms with E-state index in [1.165, 1.54) is 18.2 Å². The maximum absolute atomic E-state index is 11.9. The summed E-state index contributed by atoms with van der Waals surface area (Å²) in [5.41, 5.74) is 1.84. The predicted octanol–water partition coefficient (Wildman–Crippen LogP) is 4.25. The molecule has 0 bridgehead atoms. The average Bonchev–Trinajstić information content (AvgIpc) is 2.68. The minimum atomic E-state index is -0.716. The van der Waals surface area contributed by atoms with Gasteiger partial charge in [0.1, 0.15) is 5.75 Å². The molecule has 26 heavy (non-hydrogen) atoms. The SMILES string of the molecule is O=C(COc1ccc(-c2ccccc2)cc1)Oc1ccccc1[N+](=O)[O-]. The number of hydrogen-bond acceptors (Lipinski definition) is 5. The number of ether oxygens (including phenoxy) is 2. The fourth-order valence-corrected chi connectivity index (χ4v) is 2.36. The molecule has 6 nitrogen and oxygen atoms in total. The topological polar surface area (TPSA) is 78.7 Å². The summed E-state index contributed by atoms with van der Waals surface area (Å²) >= 11 is 0. The van der Waals surface area contributed by atoms with Crippen LogP contribution in [0.4, 0.5) is 5.69 Å². The van der Waals surface area contributed by atoms with Crippen LogP contribution in [0, 0.1) is 10.1 Å². The molecule has 0 fully saturated rings. The number of carbonyl (C=O) groups excluding carboxylic acids is 1. The molecular formula is C20H15NO5. The fraction of sp³-hybridized carbons (Fsp3) is 0.0500. The highest BCUT2D eigenvalue weighted by Crippen LogP contribution is 2.26. The number of nitro groups is 1. The van der Waals surface area contributed by atoms with Gasteiger partial charge in [0.25, 0.3) is 0 Å². The first kappa shape index (κ1) is 17.2. The number of hydrogen-bond donors (Lipinski definition) is 0. The molecule has 3 rings (SSSR count). The lowest BCUT2D eigenvalue weighted by molar-refractivity contribution is -0.385. The van der Waals surface area contributed by atoms with Crippen LogP contribution in [-0.4, -0.2) is 17.5 Å². The number of rotatable bonds is 6. The molecule has 0 aliphatic carbocycles. The fourth-order valence-electron chi connectivity index (χ4n) is 2.36. The van der Waals surface area contributed by atoms with Gasteiger partial charge in [-0.05, 0) is 29.3 Å². The van der Waals surface area contributed by atoms with Gasteiger partial charge in [0.15, 0.2) is 6.61 Å². The molecule has 130 valence electrons. The van der Waals surface area contributed by atoms with Gasteiger partial charge in [0.2, 0.25) is 5.75 Å². The second-order valence-electron chi connectivity index (χ2n) is 5.38. The van der Waals surface area contributed by atoms with E-state index >= 15 is 0 Å². The lowest BCUT2D eigenvalue weighted by Crippen LogP contribution is -2.18. The second kappa shape index (κ2) is 7.94. The van der Waals surface area contributed by atoms with Crippen molar-refractivity contribution in [3.63, 3.8) is 0 Å². The minimum absolute atomic E-state index is 0.106. The summed E-state index contributed by atoms with van der Waals surface area (Å²) in [6.45, 7) is -0.350. The Labute approximate surface area is 149 Å². The summed E-state index contributed by atoms with van der Waals surface area (Å²) in [6, 6.07) is 22.8. The van der Waals surface area contributed by atoms with Crippen LogP contribution in [0.1, 0.15) is 0 Å². The van der Waals surface area contributed by atoms with Crippen molar-refractivity contribution in [3.05, 3.63) is 89.0 Å². The molecule has 0 saturated carbocycles. The first-order chi connectivity index (χ1) is 12.6. The van der Waals surface area contributed by atoms with E-state index in [1.807, 2.05) is 42.5 Å². The van der Waals surface area contributed by atoms with Crippen molar-refractivity contribution in [2.75, 3.05) is 6.61 Å². The van der Waals surface area contributed by atoms with Crippen molar-refractivity contribution in [1.82, 2.24) is 0 Å². The smallest absolute Gasteiger partial charge is 0.349 e. The van der Waals surface area contributed by atoms with Gasteiger partial charge < -0.3 is 9.47 Å². The lowest BCUT2D eigenvalue weighted by Gasteiger charge is -2.08. The lowest BCUT2D eigenvalue weighted by atomic mass is 10.1. The summed E-state index contributed by atoms with van der Waals surface area (Å²) in [6.07, 6.45) is 0. The van der Waals surface area contributed by atoms with Gasteiger partial charge in [-0.25, -0.2) is 4.79 Å². The summed E-state index contributed by atoms with van der Waals surface area (Å²) in [7, 11) is 0. The maximum atomic E-state index is 11.9. The monoisotopic (exact) mass is 349 g/mol. The van der Waals surface area contributed by atoms with E-state index < -0.39 is 10.9 Å². The first-order valence-corrected chi connectivity index (χ1v) is 7.86. The Kier molecular flexibility index (Phi) is 5.24. The van der Waals surface area contributed by atoms with Crippen molar-refractivity contribution in [3.8, 4) is 22.6 Å². The summed E-state index contributed by atoms with van der Waals surface area (Å²) in [4.78, 5) is 22.2. The van der Waals surface area contributed by atoms with Crippen molar-refractivity contribution in [2.45, 2.75) is 0 Å². The Hall–Kier alpha value is -3.67. The molecule has 3 aromatic rings. The molecule has 0 radical (unpaired) electrons. The molecule has 0 spiro atoms. The third kappa shape index (κ3) is 4.24. The summed E-state index contributed by atoms with van der Waals surface area (Å²) < 4.78 is 10.4. The van der Waals surface area contributed by atoms with Gasteiger partial charge in [0.05, 0.1) is 4.92 Å². The molecule has 0 N–H and O–H groups in total. The standard InChI is InChI=1S/C20H15NO5/c22-20(26-19-9-5-4-8-18(19)21(23)24)14-25-17-12-10-16(11-13-17)15-6-2-1-3-7-15/h1-13H,14H2. The summed E-state index contributed by atoms with van der Waals surface area (Å²) in [5.74, 6) is -0.318. The van der Waals surface area contributed by atoms with E-state index in [0.29, 0.717) is 5.75 Å². The Morgan fingerprint density at radius 3 is 2.15 bits per heavy atom. The zero-order chi connectivity index (χ0) is 18.4. The van der Waals surface area contributed by atoms with Crippen molar-refractivity contribution in [2.24, 2.45) is 0 Å². The quantitative estimate of drug-likeness (QED) is 0.288. The zero-order valence-electron chi connectivity index (χ0n) is 13.7. The normalized spacial score (nSPS) is 10.2. The first-order valence-electron chi connectivity index (χ1n) is 7.86. The highest BCUT2D eigenvalue weighted by atomic mass is 16.6. The van der Waals surface area contributed by atoms with Crippen molar-refractivity contribution < 1.29 is 19.2 Å². The molecule has 0 unspecified atom stereocenters. The van der Waals surface area contributed by atoms with Crippen LogP contribution in [0.25, 0.3) is 11.1 Å². The van der Waals surface area contributed by atoms with Crippen LogP contribution in [0.15, 0.2) is 78.9 Å². The third-order valence-corrected chi connectivity index (χ3v) is 3.60. The Morgan fingerprint density at radius 1 is 0.846 bits per heavy atom. The molecule has 6 heteroatoms. The molecular weight excluding hydrogens is 334 g/mol. The van der Waals surface area contributed by atoms with E-state index in [0.717, 1.165) is 11.1 Å². The number of nitro benzene ring substituents is 1.